The van der Waals surface area contributed by atoms with Crippen molar-refractivity contribution in [2.75, 3.05) is 0 Å². The highest BCUT2D eigenvalue weighted by Crippen LogP contribution is 2.50. The summed E-state index contributed by atoms with van der Waals surface area (Å²) in [5.41, 5.74) is 0.800. The maximum Gasteiger partial charge on any atom is 0.305 e. The standard InChI is InChI=1S/C19H16ClF2NO3/c20-14-2-1-3-15(22)18(14)12-8-13(12)19(26)23-16(9-17(24)25)10-4-6-11(21)7-5-10/h1-7,12-13,16H,8-9H2,(H,23,26)(H,24,25). The van der Waals surface area contributed by atoms with Crippen molar-refractivity contribution in [3.8, 4) is 0 Å². The summed E-state index contributed by atoms with van der Waals surface area (Å²) in [6, 6.07) is 8.83. The van der Waals surface area contributed by atoms with Crippen molar-refractivity contribution in [1.82, 2.24) is 5.32 Å². The van der Waals surface area contributed by atoms with Crippen LogP contribution in [0, 0.1) is 17.6 Å². The Kier molecular flexibility index (Phi) is 5.23. The third-order valence-electron chi connectivity index (χ3n) is 4.47. The van der Waals surface area contributed by atoms with Gasteiger partial charge in [-0.1, -0.05) is 29.8 Å². The predicted octanol–water partition coefficient (Wildman–Crippen LogP) is 4.05. The second-order valence-electron chi connectivity index (χ2n) is 6.29. The maximum absolute atomic E-state index is 14.0. The number of aliphatic carboxylic acids is 1. The van der Waals surface area contributed by atoms with Gasteiger partial charge in [0.15, 0.2) is 0 Å². The van der Waals surface area contributed by atoms with Gasteiger partial charge in [-0.05, 0) is 36.2 Å². The van der Waals surface area contributed by atoms with Gasteiger partial charge in [-0.3, -0.25) is 9.59 Å². The molecule has 1 fully saturated rings. The number of nitrogens with one attached hydrogen (secondary N) is 1. The summed E-state index contributed by atoms with van der Waals surface area (Å²) in [5, 5.41) is 12.0. The van der Waals surface area contributed by atoms with E-state index in [4.69, 9.17) is 16.7 Å². The molecule has 0 bridgehead atoms. The molecule has 0 radical (unpaired) electrons. The molecule has 136 valence electrons. The zero-order valence-electron chi connectivity index (χ0n) is 13.6. The number of hydrogen-bond donors (Lipinski definition) is 2. The van der Waals surface area contributed by atoms with E-state index in [1.54, 1.807) is 6.07 Å². The molecule has 3 rings (SSSR count). The van der Waals surface area contributed by atoms with Crippen molar-refractivity contribution in [1.29, 1.82) is 0 Å². The van der Waals surface area contributed by atoms with Gasteiger partial charge in [0.05, 0.1) is 12.5 Å². The first-order chi connectivity index (χ1) is 12.4. The average molecular weight is 380 g/mol. The third kappa shape index (κ3) is 4.02. The Bertz CT molecular complexity index is 821. The average Bonchev–Trinajstić information content (AvgIpc) is 3.35. The lowest BCUT2D eigenvalue weighted by Crippen LogP contribution is -2.31. The summed E-state index contributed by atoms with van der Waals surface area (Å²) in [6.45, 7) is 0. The van der Waals surface area contributed by atoms with Gasteiger partial charge in [0.2, 0.25) is 5.91 Å². The van der Waals surface area contributed by atoms with Gasteiger partial charge in [-0.15, -0.1) is 0 Å². The number of carbonyl (C=O) groups excluding carboxylic acids is 1. The normalized spacial score (nSPS) is 19.7. The Morgan fingerprint density at radius 2 is 1.88 bits per heavy atom. The van der Waals surface area contributed by atoms with E-state index in [1.807, 2.05) is 0 Å². The van der Waals surface area contributed by atoms with Gasteiger partial charge in [0.25, 0.3) is 0 Å². The van der Waals surface area contributed by atoms with Gasteiger partial charge in [0.1, 0.15) is 11.6 Å². The number of carboxylic acid groups (broad SMARTS) is 1. The molecule has 1 saturated carbocycles. The van der Waals surface area contributed by atoms with Crippen LogP contribution in [-0.4, -0.2) is 17.0 Å². The minimum absolute atomic E-state index is 0.269. The molecular formula is C19H16ClF2NO3. The van der Waals surface area contributed by atoms with E-state index in [0.29, 0.717) is 17.5 Å². The minimum Gasteiger partial charge on any atom is -0.481 e. The second-order valence-corrected chi connectivity index (χ2v) is 6.70. The lowest BCUT2D eigenvalue weighted by molar-refractivity contribution is -0.137. The largest absolute Gasteiger partial charge is 0.481 e. The number of halogens is 3. The van der Waals surface area contributed by atoms with E-state index in [1.165, 1.54) is 36.4 Å². The van der Waals surface area contributed by atoms with Gasteiger partial charge >= 0.3 is 5.97 Å². The fourth-order valence-electron chi connectivity index (χ4n) is 3.07. The van der Waals surface area contributed by atoms with E-state index in [2.05, 4.69) is 5.32 Å². The predicted molar refractivity (Wildman–Crippen MR) is 91.8 cm³/mol. The van der Waals surface area contributed by atoms with Crippen LogP contribution in [0.2, 0.25) is 5.02 Å². The smallest absolute Gasteiger partial charge is 0.305 e. The van der Waals surface area contributed by atoms with Crippen LogP contribution >= 0.6 is 11.6 Å². The van der Waals surface area contributed by atoms with Crippen LogP contribution < -0.4 is 5.32 Å². The molecule has 3 unspecified atom stereocenters. The molecule has 0 spiro atoms. The fourth-order valence-corrected chi connectivity index (χ4v) is 3.37. The molecule has 0 saturated heterocycles. The molecule has 2 N–H and O–H groups in total. The Labute approximate surface area is 153 Å². The van der Waals surface area contributed by atoms with Crippen molar-refractivity contribution in [3.63, 3.8) is 0 Å². The molecule has 3 atom stereocenters. The monoisotopic (exact) mass is 379 g/mol. The molecule has 2 aromatic carbocycles. The second kappa shape index (κ2) is 7.41. The Hall–Kier alpha value is -2.47. The summed E-state index contributed by atoms with van der Waals surface area (Å²) >= 11 is 6.03. The number of amides is 1. The molecule has 7 heteroatoms. The van der Waals surface area contributed by atoms with E-state index < -0.39 is 29.6 Å². The van der Waals surface area contributed by atoms with Crippen molar-refractivity contribution in [2.24, 2.45) is 5.92 Å². The van der Waals surface area contributed by atoms with Gasteiger partial charge < -0.3 is 10.4 Å². The van der Waals surface area contributed by atoms with Gasteiger partial charge in [-0.2, -0.15) is 0 Å². The molecule has 0 aliphatic heterocycles. The lowest BCUT2D eigenvalue weighted by atomic mass is 10.0. The Morgan fingerprint density at radius 3 is 2.50 bits per heavy atom. The zero-order chi connectivity index (χ0) is 18.8. The van der Waals surface area contributed by atoms with Crippen LogP contribution in [0.5, 0.6) is 0 Å². The first-order valence-electron chi connectivity index (χ1n) is 8.08. The number of hydrogen-bond acceptors (Lipinski definition) is 2. The molecule has 1 aliphatic rings. The van der Waals surface area contributed by atoms with Crippen molar-refractivity contribution in [3.05, 3.63) is 70.2 Å². The first kappa shape index (κ1) is 18.3. The molecule has 2 aromatic rings. The molecule has 26 heavy (non-hydrogen) atoms. The molecule has 1 amide bonds. The van der Waals surface area contributed by atoms with E-state index in [9.17, 15) is 18.4 Å². The van der Waals surface area contributed by atoms with Gasteiger partial charge in [-0.25, -0.2) is 8.78 Å². The summed E-state index contributed by atoms with van der Waals surface area (Å²) in [6.07, 6.45) is 0.102. The summed E-state index contributed by atoms with van der Waals surface area (Å²) in [7, 11) is 0. The molecule has 0 heterocycles. The third-order valence-corrected chi connectivity index (χ3v) is 4.79. The maximum atomic E-state index is 14.0. The fraction of sp³-hybridized carbons (Fsp3) is 0.263. The Balaban J connectivity index is 1.73. The minimum atomic E-state index is -1.09. The lowest BCUT2D eigenvalue weighted by Gasteiger charge is -2.17. The quantitative estimate of drug-likeness (QED) is 0.795. The first-order valence-corrected chi connectivity index (χ1v) is 8.46. The van der Waals surface area contributed by atoms with Crippen LogP contribution in [0.15, 0.2) is 42.5 Å². The summed E-state index contributed by atoms with van der Waals surface area (Å²) in [4.78, 5) is 23.6. The van der Waals surface area contributed by atoms with E-state index in [-0.39, 0.29) is 23.3 Å². The van der Waals surface area contributed by atoms with Crippen LogP contribution in [0.3, 0.4) is 0 Å². The van der Waals surface area contributed by atoms with Crippen LogP contribution in [0.1, 0.15) is 35.9 Å². The number of rotatable bonds is 6. The van der Waals surface area contributed by atoms with Crippen LogP contribution in [0.4, 0.5) is 8.78 Å². The summed E-state index contributed by atoms with van der Waals surface area (Å²) < 4.78 is 27.1. The highest BCUT2D eigenvalue weighted by Gasteiger charge is 2.46. The number of benzene rings is 2. The molecule has 4 nitrogen and oxygen atoms in total. The van der Waals surface area contributed by atoms with Crippen molar-refractivity contribution < 1.29 is 23.5 Å². The molecule has 0 aromatic heterocycles. The van der Waals surface area contributed by atoms with Crippen LogP contribution in [-0.2, 0) is 9.59 Å². The number of carbonyl (C=O) groups is 2. The summed E-state index contributed by atoms with van der Waals surface area (Å²) in [5.74, 6) is -3.18. The molecule has 1 aliphatic carbocycles. The van der Waals surface area contributed by atoms with Crippen molar-refractivity contribution >= 4 is 23.5 Å². The van der Waals surface area contributed by atoms with Gasteiger partial charge in [0, 0.05) is 22.4 Å². The highest BCUT2D eigenvalue weighted by atomic mass is 35.5. The Morgan fingerprint density at radius 1 is 1.19 bits per heavy atom. The molecular weight excluding hydrogens is 364 g/mol. The SMILES string of the molecule is O=C(O)CC(NC(=O)C1CC1c1c(F)cccc1Cl)c1ccc(F)cc1. The highest BCUT2D eigenvalue weighted by molar-refractivity contribution is 6.31. The van der Waals surface area contributed by atoms with Crippen molar-refractivity contribution in [2.45, 2.75) is 24.8 Å². The number of carboxylic acids is 1. The topological polar surface area (TPSA) is 66.4 Å². The van der Waals surface area contributed by atoms with E-state index >= 15 is 0 Å². The zero-order valence-corrected chi connectivity index (χ0v) is 14.3. The van der Waals surface area contributed by atoms with Crippen LogP contribution in [0.25, 0.3) is 0 Å². The van der Waals surface area contributed by atoms with E-state index in [0.717, 1.165) is 0 Å².